The Morgan fingerprint density at radius 3 is 2.58 bits per heavy atom. The fourth-order valence-electron chi connectivity index (χ4n) is 1.73. The molecule has 24 heavy (non-hydrogen) atoms. The summed E-state index contributed by atoms with van der Waals surface area (Å²) in [5.41, 5.74) is 5.35. The summed E-state index contributed by atoms with van der Waals surface area (Å²) in [7, 11) is 0. The third-order valence-electron chi connectivity index (χ3n) is 2.85. The zero-order chi connectivity index (χ0) is 17.1. The highest BCUT2D eigenvalue weighted by Crippen LogP contribution is 2.37. The molecule has 124 valence electrons. The summed E-state index contributed by atoms with van der Waals surface area (Å²) >= 11 is 1.15. The number of nitrogens with two attached hydrogens (primary N) is 1. The number of phenolic OH excluding ortho intramolecular Hbond substituents is 2. The minimum atomic E-state index is -0.934. The predicted molar refractivity (Wildman–Crippen MR) is 84.6 cm³/mol. The molecule has 0 bridgehead atoms. The van der Waals surface area contributed by atoms with Crippen molar-refractivity contribution in [1.82, 2.24) is 11.1 Å². The zero-order valence-corrected chi connectivity index (χ0v) is 12.8. The lowest BCUT2D eigenvalue weighted by Crippen LogP contribution is -2.10. The number of thiazole rings is 1. The van der Waals surface area contributed by atoms with Gasteiger partial charge >= 0.3 is 5.69 Å². The number of phenols is 2. The van der Waals surface area contributed by atoms with Gasteiger partial charge in [-0.25, -0.2) is 4.98 Å². The maximum Gasteiger partial charge on any atom is 0.315 e. The van der Waals surface area contributed by atoms with Crippen molar-refractivity contribution >= 4 is 28.5 Å². The van der Waals surface area contributed by atoms with Crippen LogP contribution in [-0.4, -0.2) is 25.9 Å². The second-order valence-electron chi connectivity index (χ2n) is 4.22. The standard InChI is InChI=1S/C13H8N4O5S.H3N/c14-3-7(12(19)8-4-23-5-16-8)11(15)6-1-9(17(21)22)13(20)10(18)2-6;/h1-2,4-5,18,20H,15H2;1H3/b11-7-;. The van der Waals surface area contributed by atoms with E-state index in [9.17, 15) is 25.1 Å². The van der Waals surface area contributed by atoms with Crippen LogP contribution in [-0.2, 0) is 0 Å². The summed E-state index contributed by atoms with van der Waals surface area (Å²) < 4.78 is 0. The molecule has 0 unspecified atom stereocenters. The monoisotopic (exact) mass is 349 g/mol. The Morgan fingerprint density at radius 1 is 1.42 bits per heavy atom. The number of aromatic nitrogens is 1. The summed E-state index contributed by atoms with van der Waals surface area (Å²) in [5, 5.41) is 40.4. The molecule has 0 aliphatic heterocycles. The van der Waals surface area contributed by atoms with Gasteiger partial charge in [-0.3, -0.25) is 14.9 Å². The summed E-state index contributed by atoms with van der Waals surface area (Å²) in [5.74, 6) is -2.48. The molecule has 0 aliphatic rings. The van der Waals surface area contributed by atoms with Crippen LogP contribution >= 0.6 is 11.3 Å². The molecule has 11 heteroatoms. The first-order valence-electron chi connectivity index (χ1n) is 5.90. The maximum atomic E-state index is 12.2. The van der Waals surface area contributed by atoms with Gasteiger partial charge in [-0.15, -0.1) is 11.3 Å². The molecule has 2 rings (SSSR count). The van der Waals surface area contributed by atoms with Crippen LogP contribution in [0, 0.1) is 21.4 Å². The molecule has 7 N–H and O–H groups in total. The highest BCUT2D eigenvalue weighted by atomic mass is 32.1. The minimum absolute atomic E-state index is 0. The molecule has 2 aromatic rings. The lowest BCUT2D eigenvalue weighted by molar-refractivity contribution is -0.386. The third-order valence-corrected chi connectivity index (χ3v) is 3.44. The molecule has 1 aromatic carbocycles. The Hall–Kier alpha value is -3.49. The van der Waals surface area contributed by atoms with Gasteiger partial charge in [0.1, 0.15) is 17.3 Å². The molecule has 0 saturated carbocycles. The van der Waals surface area contributed by atoms with Crippen LogP contribution in [0.4, 0.5) is 5.69 Å². The fourth-order valence-corrected chi connectivity index (χ4v) is 2.26. The van der Waals surface area contributed by atoms with Crippen molar-refractivity contribution in [2.75, 3.05) is 0 Å². The zero-order valence-electron chi connectivity index (χ0n) is 12.0. The van der Waals surface area contributed by atoms with E-state index in [4.69, 9.17) is 11.0 Å². The van der Waals surface area contributed by atoms with Gasteiger partial charge in [0.15, 0.2) is 5.75 Å². The molecule has 0 aliphatic carbocycles. The fraction of sp³-hybridized carbons (Fsp3) is 0. The molecule has 0 atom stereocenters. The summed E-state index contributed by atoms with van der Waals surface area (Å²) in [6.45, 7) is 0. The number of nitriles is 1. The Labute approximate surface area is 138 Å². The molecule has 0 spiro atoms. The maximum absolute atomic E-state index is 12.2. The number of aromatic hydroxyl groups is 2. The molecule has 0 radical (unpaired) electrons. The lowest BCUT2D eigenvalue weighted by Gasteiger charge is -2.07. The first-order chi connectivity index (χ1) is 10.9. The van der Waals surface area contributed by atoms with E-state index in [1.807, 2.05) is 0 Å². The van der Waals surface area contributed by atoms with Gasteiger partial charge in [0.05, 0.1) is 16.1 Å². The van der Waals surface area contributed by atoms with Crippen LogP contribution in [0.15, 0.2) is 28.6 Å². The number of hydrogen-bond donors (Lipinski definition) is 4. The van der Waals surface area contributed by atoms with Crippen molar-refractivity contribution < 1.29 is 19.9 Å². The van der Waals surface area contributed by atoms with E-state index in [0.717, 1.165) is 23.5 Å². The van der Waals surface area contributed by atoms with E-state index in [2.05, 4.69) is 4.98 Å². The molecular formula is C13H11N5O5S. The van der Waals surface area contributed by atoms with Gasteiger partial charge in [-0.2, -0.15) is 5.26 Å². The minimum Gasteiger partial charge on any atom is -0.504 e. The van der Waals surface area contributed by atoms with Gasteiger partial charge < -0.3 is 22.1 Å². The Kier molecular flexibility index (Phi) is 5.55. The number of nitrogens with zero attached hydrogens (tertiary/aromatic N) is 3. The molecule has 0 saturated heterocycles. The second-order valence-corrected chi connectivity index (χ2v) is 4.94. The number of nitro groups is 1. The van der Waals surface area contributed by atoms with E-state index in [1.165, 1.54) is 10.9 Å². The number of hydrogen-bond acceptors (Lipinski definition) is 10. The summed E-state index contributed by atoms with van der Waals surface area (Å²) in [6.07, 6.45) is 0. The number of nitro benzene ring substituents is 1. The smallest absolute Gasteiger partial charge is 0.315 e. The van der Waals surface area contributed by atoms with Crippen molar-refractivity contribution in [3.05, 3.63) is 50.0 Å². The summed E-state index contributed by atoms with van der Waals surface area (Å²) in [6, 6.07) is 3.40. The van der Waals surface area contributed by atoms with E-state index in [-0.39, 0.29) is 23.1 Å². The second kappa shape index (κ2) is 7.18. The quantitative estimate of drug-likeness (QED) is 0.158. The third kappa shape index (κ3) is 3.29. The topological polar surface area (TPSA) is 198 Å². The van der Waals surface area contributed by atoms with Gasteiger partial charge in [-0.05, 0) is 6.07 Å². The van der Waals surface area contributed by atoms with Crippen molar-refractivity contribution in [3.63, 3.8) is 0 Å². The Morgan fingerprint density at radius 2 is 2.08 bits per heavy atom. The number of ketones is 1. The van der Waals surface area contributed by atoms with Crippen molar-refractivity contribution in [2.24, 2.45) is 5.73 Å². The predicted octanol–water partition coefficient (Wildman–Crippen LogP) is 1.70. The number of Topliss-reactive ketones (excluding diaryl/α,β-unsaturated/α-hetero) is 1. The Bertz CT molecular complexity index is 870. The first-order valence-corrected chi connectivity index (χ1v) is 6.84. The van der Waals surface area contributed by atoms with E-state index in [1.54, 1.807) is 6.07 Å². The normalized spacial score (nSPS) is 11.0. The number of carbonyl (C=O) groups is 1. The van der Waals surface area contributed by atoms with Crippen LogP contribution in [0.1, 0.15) is 16.1 Å². The number of carbonyl (C=O) groups excluding carboxylic acids is 1. The van der Waals surface area contributed by atoms with Crippen molar-refractivity contribution in [3.8, 4) is 17.6 Å². The number of allylic oxidation sites excluding steroid dienone is 1. The molecule has 1 heterocycles. The lowest BCUT2D eigenvalue weighted by atomic mass is 10.0. The molecule has 0 amide bonds. The SMILES string of the molecule is N.N#C/C(C(=O)c1cscn1)=C(/N)c1cc(O)c(O)c([N+](=O)[O-])c1. The van der Waals surface area contributed by atoms with E-state index in [0.29, 0.717) is 0 Å². The average Bonchev–Trinajstić information content (AvgIpc) is 3.04. The van der Waals surface area contributed by atoms with Crippen molar-refractivity contribution in [2.45, 2.75) is 0 Å². The van der Waals surface area contributed by atoms with Crippen molar-refractivity contribution in [1.29, 1.82) is 5.26 Å². The molecule has 0 fully saturated rings. The number of rotatable bonds is 4. The van der Waals surface area contributed by atoms with Crippen LogP contribution < -0.4 is 11.9 Å². The van der Waals surface area contributed by atoms with Crippen LogP contribution in [0.25, 0.3) is 5.70 Å². The van der Waals surface area contributed by atoms with Gasteiger partial charge in [0, 0.05) is 17.0 Å². The van der Waals surface area contributed by atoms with Gasteiger partial charge in [0.25, 0.3) is 0 Å². The first kappa shape index (κ1) is 18.6. The average molecular weight is 349 g/mol. The highest BCUT2D eigenvalue weighted by Gasteiger charge is 2.23. The van der Waals surface area contributed by atoms with E-state index >= 15 is 0 Å². The van der Waals surface area contributed by atoms with E-state index < -0.39 is 33.5 Å². The number of benzene rings is 1. The van der Waals surface area contributed by atoms with Crippen LogP contribution in [0.2, 0.25) is 0 Å². The molecule has 1 aromatic heterocycles. The van der Waals surface area contributed by atoms with Crippen LogP contribution in [0.3, 0.4) is 0 Å². The summed E-state index contributed by atoms with van der Waals surface area (Å²) in [4.78, 5) is 25.8. The van der Waals surface area contributed by atoms with Gasteiger partial charge in [-0.1, -0.05) is 0 Å². The van der Waals surface area contributed by atoms with Gasteiger partial charge in [0.2, 0.25) is 11.5 Å². The molecular weight excluding hydrogens is 338 g/mol. The highest BCUT2D eigenvalue weighted by molar-refractivity contribution is 7.07. The van der Waals surface area contributed by atoms with Crippen LogP contribution in [0.5, 0.6) is 11.5 Å². The molecule has 10 nitrogen and oxygen atoms in total. The largest absolute Gasteiger partial charge is 0.504 e. The Balaban J connectivity index is 0.00000288.